The standard InChI is InChI=1S/C9H14N2O2S2/c10-5-8-9(3-4-14-8)15(12,13)11-6-7-1-2-7/h3-4,7,11H,1-2,5-6,10H2. The summed E-state index contributed by atoms with van der Waals surface area (Å²) >= 11 is 1.38. The number of hydrogen-bond acceptors (Lipinski definition) is 4. The van der Waals surface area contributed by atoms with Gasteiger partial charge in [0.25, 0.3) is 0 Å². The average Bonchev–Trinajstić information content (AvgIpc) is 2.90. The Balaban J connectivity index is 2.12. The molecule has 0 saturated heterocycles. The van der Waals surface area contributed by atoms with E-state index >= 15 is 0 Å². The van der Waals surface area contributed by atoms with Crippen molar-refractivity contribution in [2.24, 2.45) is 11.7 Å². The van der Waals surface area contributed by atoms with Crippen molar-refractivity contribution in [1.82, 2.24) is 4.72 Å². The molecule has 2 rings (SSSR count). The molecular weight excluding hydrogens is 232 g/mol. The highest BCUT2D eigenvalue weighted by molar-refractivity contribution is 7.89. The zero-order valence-corrected chi connectivity index (χ0v) is 9.90. The first-order valence-corrected chi connectivity index (χ1v) is 7.26. The molecule has 4 nitrogen and oxygen atoms in total. The molecule has 0 bridgehead atoms. The van der Waals surface area contributed by atoms with Crippen LogP contribution in [0.3, 0.4) is 0 Å². The molecule has 0 atom stereocenters. The van der Waals surface area contributed by atoms with Crippen LogP contribution in [-0.4, -0.2) is 15.0 Å². The molecule has 6 heteroatoms. The first-order chi connectivity index (χ1) is 7.13. The summed E-state index contributed by atoms with van der Waals surface area (Å²) < 4.78 is 26.3. The minimum Gasteiger partial charge on any atom is -0.326 e. The molecule has 0 unspecified atom stereocenters. The van der Waals surface area contributed by atoms with Crippen LogP contribution in [0.5, 0.6) is 0 Å². The Morgan fingerprint density at radius 1 is 1.53 bits per heavy atom. The Kier molecular flexibility index (Phi) is 3.11. The van der Waals surface area contributed by atoms with Crippen LogP contribution >= 0.6 is 11.3 Å². The van der Waals surface area contributed by atoms with Gasteiger partial charge in [0, 0.05) is 18.0 Å². The van der Waals surface area contributed by atoms with E-state index in [-0.39, 0.29) is 6.54 Å². The minimum atomic E-state index is -3.33. The molecule has 1 aromatic heterocycles. The quantitative estimate of drug-likeness (QED) is 0.810. The number of hydrogen-bond donors (Lipinski definition) is 2. The third kappa shape index (κ3) is 2.57. The smallest absolute Gasteiger partial charge is 0.241 e. The summed E-state index contributed by atoms with van der Waals surface area (Å²) in [5.74, 6) is 0.541. The van der Waals surface area contributed by atoms with Crippen LogP contribution in [-0.2, 0) is 16.6 Å². The van der Waals surface area contributed by atoms with E-state index in [2.05, 4.69) is 4.72 Å². The summed E-state index contributed by atoms with van der Waals surface area (Å²) in [5.41, 5.74) is 5.48. The lowest BCUT2D eigenvalue weighted by atomic mass is 10.4. The first kappa shape index (κ1) is 11.1. The lowest BCUT2D eigenvalue weighted by molar-refractivity contribution is 0.577. The van der Waals surface area contributed by atoms with Gasteiger partial charge < -0.3 is 5.73 Å². The number of sulfonamides is 1. The predicted octanol–water partition coefficient (Wildman–Crippen LogP) is 0.895. The molecule has 1 aliphatic carbocycles. The van der Waals surface area contributed by atoms with Crippen LogP contribution in [0.25, 0.3) is 0 Å². The third-order valence-electron chi connectivity index (χ3n) is 2.44. The Morgan fingerprint density at radius 2 is 2.27 bits per heavy atom. The van der Waals surface area contributed by atoms with E-state index in [0.29, 0.717) is 17.4 Å². The molecule has 1 aliphatic rings. The van der Waals surface area contributed by atoms with E-state index in [0.717, 1.165) is 17.7 Å². The van der Waals surface area contributed by atoms with Crippen molar-refractivity contribution in [3.05, 3.63) is 16.3 Å². The molecule has 15 heavy (non-hydrogen) atoms. The van der Waals surface area contributed by atoms with E-state index in [1.807, 2.05) is 0 Å². The van der Waals surface area contributed by atoms with Crippen molar-refractivity contribution >= 4 is 21.4 Å². The van der Waals surface area contributed by atoms with E-state index in [9.17, 15) is 8.42 Å². The van der Waals surface area contributed by atoms with Crippen LogP contribution in [0, 0.1) is 5.92 Å². The largest absolute Gasteiger partial charge is 0.326 e. The van der Waals surface area contributed by atoms with Gasteiger partial charge in [-0.25, -0.2) is 13.1 Å². The summed E-state index contributed by atoms with van der Waals surface area (Å²) in [4.78, 5) is 1.06. The van der Waals surface area contributed by atoms with Crippen LogP contribution in [0.1, 0.15) is 17.7 Å². The number of thiophene rings is 1. The van der Waals surface area contributed by atoms with Crippen molar-refractivity contribution in [3.63, 3.8) is 0 Å². The maximum Gasteiger partial charge on any atom is 0.241 e. The molecular formula is C9H14N2O2S2. The maximum atomic E-state index is 11.8. The molecule has 0 spiro atoms. The number of nitrogens with one attached hydrogen (secondary N) is 1. The Labute approximate surface area is 93.5 Å². The van der Waals surface area contributed by atoms with Crippen LogP contribution < -0.4 is 10.5 Å². The summed E-state index contributed by atoms with van der Waals surface area (Å²) in [6.45, 7) is 0.833. The van der Waals surface area contributed by atoms with Crippen molar-refractivity contribution in [1.29, 1.82) is 0 Å². The van der Waals surface area contributed by atoms with Gasteiger partial charge in [0.15, 0.2) is 0 Å². The van der Waals surface area contributed by atoms with Gasteiger partial charge in [-0.2, -0.15) is 0 Å². The Hall–Kier alpha value is -0.430. The summed E-state index contributed by atoms with van der Waals surface area (Å²) in [7, 11) is -3.33. The van der Waals surface area contributed by atoms with Crippen LogP contribution in [0.15, 0.2) is 16.3 Å². The average molecular weight is 246 g/mol. The van der Waals surface area contributed by atoms with E-state index < -0.39 is 10.0 Å². The summed E-state index contributed by atoms with van der Waals surface area (Å²) in [6, 6.07) is 1.61. The summed E-state index contributed by atoms with van der Waals surface area (Å²) in [6.07, 6.45) is 2.27. The maximum absolute atomic E-state index is 11.8. The lowest BCUT2D eigenvalue weighted by Crippen LogP contribution is -2.26. The van der Waals surface area contributed by atoms with Crippen LogP contribution in [0.4, 0.5) is 0 Å². The highest BCUT2D eigenvalue weighted by Gasteiger charge is 2.25. The fourth-order valence-electron chi connectivity index (χ4n) is 1.34. The first-order valence-electron chi connectivity index (χ1n) is 4.89. The molecule has 0 amide bonds. The lowest BCUT2D eigenvalue weighted by Gasteiger charge is -2.05. The molecule has 0 aliphatic heterocycles. The molecule has 1 fully saturated rings. The van der Waals surface area contributed by atoms with E-state index in [1.54, 1.807) is 11.4 Å². The highest BCUT2D eigenvalue weighted by Crippen LogP contribution is 2.28. The van der Waals surface area contributed by atoms with Gasteiger partial charge in [0.1, 0.15) is 0 Å². The fourth-order valence-corrected chi connectivity index (χ4v) is 3.79. The minimum absolute atomic E-state index is 0.275. The molecule has 3 N–H and O–H groups in total. The normalized spacial score (nSPS) is 16.9. The molecule has 0 aromatic carbocycles. The van der Waals surface area contributed by atoms with Gasteiger partial charge in [-0.3, -0.25) is 0 Å². The molecule has 1 heterocycles. The van der Waals surface area contributed by atoms with Crippen molar-refractivity contribution in [2.75, 3.05) is 6.54 Å². The van der Waals surface area contributed by atoms with E-state index in [4.69, 9.17) is 5.73 Å². The third-order valence-corrected chi connectivity index (χ3v) is 5.02. The predicted molar refractivity (Wildman–Crippen MR) is 60.1 cm³/mol. The highest BCUT2D eigenvalue weighted by atomic mass is 32.2. The van der Waals surface area contributed by atoms with Crippen molar-refractivity contribution in [3.8, 4) is 0 Å². The molecule has 1 aromatic rings. The molecule has 84 valence electrons. The molecule has 1 saturated carbocycles. The van der Waals surface area contributed by atoms with Crippen LogP contribution in [0.2, 0.25) is 0 Å². The second-order valence-electron chi connectivity index (χ2n) is 3.71. The topological polar surface area (TPSA) is 72.2 Å². The van der Waals surface area contributed by atoms with Gasteiger partial charge in [-0.15, -0.1) is 11.3 Å². The Bertz CT molecular complexity index is 435. The number of rotatable bonds is 5. The zero-order valence-electron chi connectivity index (χ0n) is 8.27. The SMILES string of the molecule is NCc1sccc1S(=O)(=O)NCC1CC1. The Morgan fingerprint density at radius 3 is 2.87 bits per heavy atom. The fraction of sp³-hybridized carbons (Fsp3) is 0.556. The van der Waals surface area contributed by atoms with Crippen molar-refractivity contribution in [2.45, 2.75) is 24.3 Å². The monoisotopic (exact) mass is 246 g/mol. The molecule has 0 radical (unpaired) electrons. The van der Waals surface area contributed by atoms with E-state index in [1.165, 1.54) is 11.3 Å². The summed E-state index contributed by atoms with van der Waals surface area (Å²) in [5, 5.41) is 1.76. The van der Waals surface area contributed by atoms with Crippen molar-refractivity contribution < 1.29 is 8.42 Å². The van der Waals surface area contributed by atoms with Gasteiger partial charge in [-0.05, 0) is 30.2 Å². The van der Waals surface area contributed by atoms with Gasteiger partial charge >= 0.3 is 0 Å². The van der Waals surface area contributed by atoms with Gasteiger partial charge in [0.2, 0.25) is 10.0 Å². The van der Waals surface area contributed by atoms with Gasteiger partial charge in [-0.1, -0.05) is 0 Å². The second kappa shape index (κ2) is 4.21. The number of nitrogens with two attached hydrogens (primary N) is 1. The zero-order chi connectivity index (χ0) is 10.9. The second-order valence-corrected chi connectivity index (χ2v) is 6.44. The van der Waals surface area contributed by atoms with Gasteiger partial charge in [0.05, 0.1) is 4.90 Å².